The Balaban J connectivity index is 1.84. The van der Waals surface area contributed by atoms with Gasteiger partial charge in [0.2, 0.25) is 0 Å². The van der Waals surface area contributed by atoms with Crippen molar-refractivity contribution in [3.8, 4) is 0 Å². The Morgan fingerprint density at radius 3 is 3.10 bits per heavy atom. The van der Waals surface area contributed by atoms with Crippen LogP contribution in [-0.4, -0.2) is 26.7 Å². The second kappa shape index (κ2) is 5.76. The van der Waals surface area contributed by atoms with Gasteiger partial charge in [0.25, 0.3) is 0 Å². The van der Waals surface area contributed by atoms with Gasteiger partial charge in [0.05, 0.1) is 5.75 Å². The van der Waals surface area contributed by atoms with E-state index in [-0.39, 0.29) is 5.78 Å². The zero-order chi connectivity index (χ0) is 13.9. The zero-order valence-corrected chi connectivity index (χ0v) is 12.6. The molecular formula is C14H13N3OS2. The maximum absolute atomic E-state index is 12.3. The van der Waals surface area contributed by atoms with Gasteiger partial charge in [-0.3, -0.25) is 4.79 Å². The van der Waals surface area contributed by atoms with Crippen molar-refractivity contribution in [1.29, 1.82) is 0 Å². The van der Waals surface area contributed by atoms with E-state index < -0.39 is 0 Å². The molecule has 2 heterocycles. The number of carbonyl (C=O) groups is 1. The maximum Gasteiger partial charge on any atom is 0.175 e. The first-order chi connectivity index (χ1) is 9.79. The smallest absolute Gasteiger partial charge is 0.175 e. The van der Waals surface area contributed by atoms with E-state index in [0.717, 1.165) is 27.2 Å². The molecule has 2 aromatic heterocycles. The van der Waals surface area contributed by atoms with E-state index in [1.54, 1.807) is 5.51 Å². The molecule has 3 aromatic rings. The fraction of sp³-hybridized carbons (Fsp3) is 0.214. The molecule has 1 N–H and O–H groups in total. The van der Waals surface area contributed by atoms with E-state index in [1.165, 1.54) is 28.7 Å². The third-order valence-electron chi connectivity index (χ3n) is 3.15. The van der Waals surface area contributed by atoms with Gasteiger partial charge in [-0.05, 0) is 12.0 Å². The van der Waals surface area contributed by atoms with Gasteiger partial charge < -0.3 is 4.98 Å². The predicted octanol–water partition coefficient (Wildman–Crippen LogP) is 3.56. The monoisotopic (exact) mass is 303 g/mol. The maximum atomic E-state index is 12.3. The minimum Gasteiger partial charge on any atom is -0.360 e. The van der Waals surface area contributed by atoms with Crippen molar-refractivity contribution in [2.45, 2.75) is 17.7 Å². The topological polar surface area (TPSA) is 58.6 Å². The number of ketones is 1. The first kappa shape index (κ1) is 13.3. The summed E-state index contributed by atoms with van der Waals surface area (Å²) < 4.78 is 0.826. The molecule has 1 aromatic carbocycles. The van der Waals surface area contributed by atoms with E-state index in [4.69, 9.17) is 0 Å². The molecule has 0 saturated carbocycles. The molecule has 0 aliphatic heterocycles. The molecule has 0 fully saturated rings. The number of aromatic amines is 1. The highest BCUT2D eigenvalue weighted by atomic mass is 32.2. The number of Topliss-reactive ketones (excluding diaryl/α,β-unsaturated/α-hetero) is 1. The average Bonchev–Trinajstić information content (AvgIpc) is 3.13. The Labute approximate surface area is 124 Å². The van der Waals surface area contributed by atoms with Crippen LogP contribution in [0.25, 0.3) is 10.9 Å². The Bertz CT molecular complexity index is 734. The van der Waals surface area contributed by atoms with Crippen LogP contribution in [0.2, 0.25) is 0 Å². The van der Waals surface area contributed by atoms with Gasteiger partial charge in [0.15, 0.2) is 10.1 Å². The van der Waals surface area contributed by atoms with Gasteiger partial charge in [-0.1, -0.05) is 48.2 Å². The third kappa shape index (κ3) is 2.48. The number of benzene rings is 1. The number of carbonyl (C=O) groups excluding carboxylic acids is 1. The van der Waals surface area contributed by atoms with Gasteiger partial charge in [-0.2, -0.15) is 0 Å². The van der Waals surface area contributed by atoms with Crippen LogP contribution in [0.5, 0.6) is 0 Å². The van der Waals surface area contributed by atoms with E-state index in [1.807, 2.05) is 18.3 Å². The largest absolute Gasteiger partial charge is 0.360 e. The first-order valence-electron chi connectivity index (χ1n) is 6.30. The molecule has 3 rings (SSSR count). The summed E-state index contributed by atoms with van der Waals surface area (Å²) in [5.74, 6) is 0.503. The van der Waals surface area contributed by atoms with E-state index in [2.05, 4.69) is 28.2 Å². The van der Waals surface area contributed by atoms with Crippen LogP contribution in [0, 0.1) is 0 Å². The van der Waals surface area contributed by atoms with Crippen LogP contribution in [0.1, 0.15) is 22.8 Å². The number of H-pyrrole nitrogens is 1. The number of nitrogens with zero attached hydrogens (tertiary/aromatic N) is 2. The summed E-state index contributed by atoms with van der Waals surface area (Å²) in [5.41, 5.74) is 4.73. The first-order valence-corrected chi connectivity index (χ1v) is 8.17. The lowest BCUT2D eigenvalue weighted by atomic mass is 10.1. The number of thioether (sulfide) groups is 1. The highest BCUT2D eigenvalue weighted by Gasteiger charge is 2.14. The Morgan fingerprint density at radius 2 is 2.35 bits per heavy atom. The van der Waals surface area contributed by atoms with Gasteiger partial charge in [0, 0.05) is 22.7 Å². The summed E-state index contributed by atoms with van der Waals surface area (Å²) in [4.78, 5) is 15.6. The normalized spacial score (nSPS) is 11.1. The van der Waals surface area contributed by atoms with Crippen LogP contribution in [0.4, 0.5) is 0 Å². The van der Waals surface area contributed by atoms with Crippen LogP contribution in [0.3, 0.4) is 0 Å². The third-order valence-corrected chi connectivity index (χ3v) is 5.01. The molecule has 0 atom stereocenters. The summed E-state index contributed by atoms with van der Waals surface area (Å²) in [6.45, 7) is 2.11. The summed E-state index contributed by atoms with van der Waals surface area (Å²) in [6, 6.07) is 6.08. The number of fused-ring (bicyclic) bond motifs is 1. The lowest BCUT2D eigenvalue weighted by Gasteiger charge is -2.00. The van der Waals surface area contributed by atoms with Gasteiger partial charge in [-0.15, -0.1) is 10.2 Å². The minimum absolute atomic E-state index is 0.115. The van der Waals surface area contributed by atoms with Crippen molar-refractivity contribution in [3.63, 3.8) is 0 Å². The number of hydrogen-bond donors (Lipinski definition) is 1. The van der Waals surface area contributed by atoms with Crippen LogP contribution in [-0.2, 0) is 6.42 Å². The molecule has 0 aliphatic carbocycles. The quantitative estimate of drug-likeness (QED) is 0.578. The van der Waals surface area contributed by atoms with Gasteiger partial charge >= 0.3 is 0 Å². The molecule has 4 nitrogen and oxygen atoms in total. The highest BCUT2D eigenvalue weighted by molar-refractivity contribution is 8.01. The lowest BCUT2D eigenvalue weighted by Crippen LogP contribution is -2.01. The summed E-state index contributed by atoms with van der Waals surface area (Å²) in [7, 11) is 0. The fourth-order valence-electron chi connectivity index (χ4n) is 2.17. The molecular weight excluding hydrogens is 290 g/mol. The van der Waals surface area contributed by atoms with Crippen LogP contribution >= 0.6 is 23.1 Å². The molecule has 0 unspecified atom stereocenters. The Kier molecular flexibility index (Phi) is 3.84. The van der Waals surface area contributed by atoms with Gasteiger partial charge in [-0.25, -0.2) is 0 Å². The molecule has 0 saturated heterocycles. The summed E-state index contributed by atoms with van der Waals surface area (Å²) in [6.07, 6.45) is 2.76. The minimum atomic E-state index is 0.115. The van der Waals surface area contributed by atoms with Crippen LogP contribution in [0.15, 0.2) is 34.2 Å². The van der Waals surface area contributed by atoms with Crippen molar-refractivity contribution < 1.29 is 4.79 Å². The fourth-order valence-corrected chi connectivity index (χ4v) is 3.55. The van der Waals surface area contributed by atoms with Gasteiger partial charge in [0.1, 0.15) is 5.51 Å². The molecule has 20 heavy (non-hydrogen) atoms. The van der Waals surface area contributed by atoms with Crippen molar-refractivity contribution in [1.82, 2.24) is 15.2 Å². The van der Waals surface area contributed by atoms with Crippen molar-refractivity contribution in [2.24, 2.45) is 0 Å². The van der Waals surface area contributed by atoms with E-state index in [0.29, 0.717) is 5.75 Å². The summed E-state index contributed by atoms with van der Waals surface area (Å²) >= 11 is 2.89. The van der Waals surface area contributed by atoms with Crippen LogP contribution < -0.4 is 0 Å². The summed E-state index contributed by atoms with van der Waals surface area (Å²) in [5, 5.41) is 8.70. The molecule has 0 aliphatic rings. The number of hydrogen-bond acceptors (Lipinski definition) is 5. The lowest BCUT2D eigenvalue weighted by molar-refractivity contribution is 0.102. The number of para-hydroxylation sites is 1. The van der Waals surface area contributed by atoms with Crippen molar-refractivity contribution >= 4 is 39.8 Å². The highest BCUT2D eigenvalue weighted by Crippen LogP contribution is 2.25. The molecule has 0 radical (unpaired) electrons. The number of nitrogens with one attached hydrogen (secondary N) is 1. The number of aryl methyl sites for hydroxylation is 1. The Morgan fingerprint density at radius 1 is 1.45 bits per heavy atom. The van der Waals surface area contributed by atoms with E-state index in [9.17, 15) is 4.79 Å². The second-order valence-electron chi connectivity index (χ2n) is 4.31. The van der Waals surface area contributed by atoms with E-state index >= 15 is 0 Å². The number of aromatic nitrogens is 3. The standard InChI is InChI=1S/C14H13N3OS2/c1-2-9-4-3-5-10-11(6-15-13(9)10)12(18)7-19-14-17-16-8-20-14/h3-6,8,15H,2,7H2,1H3. The molecule has 102 valence electrons. The Hall–Kier alpha value is -1.66. The second-order valence-corrected chi connectivity index (χ2v) is 6.37. The van der Waals surface area contributed by atoms with Crippen molar-refractivity contribution in [2.75, 3.05) is 5.75 Å². The number of rotatable bonds is 5. The molecule has 6 heteroatoms. The SMILES string of the molecule is CCc1cccc2c(C(=O)CSc3nncs3)c[nH]c12. The van der Waals surface area contributed by atoms with Crippen molar-refractivity contribution in [3.05, 3.63) is 41.0 Å². The predicted molar refractivity (Wildman–Crippen MR) is 82.6 cm³/mol. The zero-order valence-electron chi connectivity index (χ0n) is 10.9. The molecule has 0 spiro atoms. The average molecular weight is 303 g/mol. The molecule has 0 bridgehead atoms. The molecule has 0 amide bonds.